The number of benzene rings is 1. The van der Waals surface area contributed by atoms with E-state index in [0.29, 0.717) is 5.92 Å². The summed E-state index contributed by atoms with van der Waals surface area (Å²) in [5, 5.41) is 2.42. The molecule has 0 saturated carbocycles. The maximum Gasteiger partial charge on any atom is 0.273 e. The fourth-order valence-corrected chi connectivity index (χ4v) is 3.17. The molecule has 1 aromatic heterocycles. The van der Waals surface area contributed by atoms with Gasteiger partial charge >= 0.3 is 0 Å². The first kappa shape index (κ1) is 20.2. The average Bonchev–Trinajstić information content (AvgIpc) is 3.02. The normalized spacial score (nSPS) is 13.0. The predicted octanol–water partition coefficient (Wildman–Crippen LogP) is 2.05. The summed E-state index contributed by atoms with van der Waals surface area (Å²) >= 11 is 0. The highest BCUT2D eigenvalue weighted by Gasteiger charge is 2.22. The molecule has 0 fully saturated rings. The van der Waals surface area contributed by atoms with E-state index in [9.17, 15) is 13.2 Å². The highest BCUT2D eigenvalue weighted by atomic mass is 32.2. The van der Waals surface area contributed by atoms with Gasteiger partial charge in [-0.2, -0.15) is 0 Å². The van der Waals surface area contributed by atoms with Crippen LogP contribution in [0.2, 0.25) is 0 Å². The van der Waals surface area contributed by atoms with Crippen molar-refractivity contribution in [2.24, 2.45) is 5.73 Å². The van der Waals surface area contributed by atoms with Crippen LogP contribution < -0.4 is 15.8 Å². The molecule has 0 spiro atoms. The Morgan fingerprint density at radius 2 is 1.77 bits per heavy atom. The molecule has 2 rings (SSSR count). The van der Waals surface area contributed by atoms with Crippen LogP contribution in [0.1, 0.15) is 53.1 Å². The lowest BCUT2D eigenvalue weighted by atomic mass is 9.99. The second kappa shape index (κ2) is 8.03. The summed E-state index contributed by atoms with van der Waals surface area (Å²) in [4.78, 5) is 12.3. The minimum absolute atomic E-state index is 0.168. The number of carbonyl (C=O) groups is 1. The SMILES string of the molecule is CNS(=O)(=O)c1cc(C(=O)NCC(N)c2ccc(C(C)C)cc2)c(C)o1. The maximum atomic E-state index is 12.3. The third-order valence-electron chi connectivity index (χ3n) is 4.19. The minimum atomic E-state index is -3.74. The molecule has 0 bridgehead atoms. The zero-order valence-corrected chi connectivity index (χ0v) is 16.2. The van der Waals surface area contributed by atoms with Crippen LogP contribution >= 0.6 is 0 Å². The number of carbonyl (C=O) groups excluding carboxylic acids is 1. The number of aryl methyl sites for hydroxylation is 1. The van der Waals surface area contributed by atoms with Crippen LogP contribution in [0, 0.1) is 6.92 Å². The molecule has 8 heteroatoms. The largest absolute Gasteiger partial charge is 0.448 e. The van der Waals surface area contributed by atoms with Crippen LogP contribution in [0.3, 0.4) is 0 Å². The van der Waals surface area contributed by atoms with Gasteiger partial charge in [0.15, 0.2) is 0 Å². The van der Waals surface area contributed by atoms with Crippen molar-refractivity contribution < 1.29 is 17.6 Å². The Labute approximate surface area is 154 Å². The van der Waals surface area contributed by atoms with Crippen molar-refractivity contribution >= 4 is 15.9 Å². The molecule has 1 atom stereocenters. The quantitative estimate of drug-likeness (QED) is 0.681. The van der Waals surface area contributed by atoms with Gasteiger partial charge in [0, 0.05) is 18.7 Å². The molecule has 4 N–H and O–H groups in total. The van der Waals surface area contributed by atoms with Gasteiger partial charge in [0.25, 0.3) is 15.9 Å². The van der Waals surface area contributed by atoms with Gasteiger partial charge in [-0.05, 0) is 31.0 Å². The molecule has 1 amide bonds. The van der Waals surface area contributed by atoms with Crippen molar-refractivity contribution in [1.29, 1.82) is 0 Å². The first-order valence-corrected chi connectivity index (χ1v) is 9.81. The van der Waals surface area contributed by atoms with Crippen LogP contribution in [0.5, 0.6) is 0 Å². The Morgan fingerprint density at radius 1 is 1.19 bits per heavy atom. The average molecular weight is 379 g/mol. The molecule has 0 aliphatic rings. The number of furan rings is 1. The van der Waals surface area contributed by atoms with Crippen LogP contribution in [0.15, 0.2) is 39.8 Å². The molecular weight excluding hydrogens is 354 g/mol. The van der Waals surface area contributed by atoms with E-state index in [1.165, 1.54) is 25.6 Å². The molecule has 0 aliphatic carbocycles. The molecule has 0 radical (unpaired) electrons. The fourth-order valence-electron chi connectivity index (χ4n) is 2.46. The Kier molecular flexibility index (Phi) is 6.22. The second-order valence-electron chi connectivity index (χ2n) is 6.38. The van der Waals surface area contributed by atoms with Crippen molar-refractivity contribution in [3.63, 3.8) is 0 Å². The van der Waals surface area contributed by atoms with Gasteiger partial charge in [-0.3, -0.25) is 4.79 Å². The van der Waals surface area contributed by atoms with Gasteiger partial charge in [-0.1, -0.05) is 38.1 Å². The third-order valence-corrected chi connectivity index (χ3v) is 5.46. The number of rotatable bonds is 7. The van der Waals surface area contributed by atoms with Crippen molar-refractivity contribution in [1.82, 2.24) is 10.0 Å². The zero-order valence-electron chi connectivity index (χ0n) is 15.4. The fraction of sp³-hybridized carbons (Fsp3) is 0.389. The molecule has 1 heterocycles. The molecule has 142 valence electrons. The molecule has 0 saturated heterocycles. The molecular formula is C18H25N3O4S. The summed E-state index contributed by atoms with van der Waals surface area (Å²) in [6.07, 6.45) is 0. The van der Waals surface area contributed by atoms with Gasteiger partial charge in [-0.25, -0.2) is 13.1 Å². The van der Waals surface area contributed by atoms with Crippen LogP contribution in [-0.4, -0.2) is 27.9 Å². The maximum absolute atomic E-state index is 12.3. The topological polar surface area (TPSA) is 114 Å². The number of hydrogen-bond donors (Lipinski definition) is 3. The Hall–Kier alpha value is -2.16. The third kappa shape index (κ3) is 4.51. The Morgan fingerprint density at radius 3 is 2.31 bits per heavy atom. The lowest BCUT2D eigenvalue weighted by molar-refractivity contribution is 0.0949. The van der Waals surface area contributed by atoms with E-state index in [1.54, 1.807) is 0 Å². The molecule has 1 unspecified atom stereocenters. The van der Waals surface area contributed by atoms with Gasteiger partial charge in [-0.15, -0.1) is 0 Å². The molecule has 1 aromatic carbocycles. The molecule has 26 heavy (non-hydrogen) atoms. The summed E-state index contributed by atoms with van der Waals surface area (Å²) in [7, 11) is -2.47. The van der Waals surface area contributed by atoms with Crippen LogP contribution in [-0.2, 0) is 10.0 Å². The van der Waals surface area contributed by atoms with E-state index in [1.807, 2.05) is 24.3 Å². The number of nitrogens with one attached hydrogen (secondary N) is 2. The number of hydrogen-bond acceptors (Lipinski definition) is 5. The van der Waals surface area contributed by atoms with Crippen molar-refractivity contribution in [3.05, 3.63) is 52.8 Å². The van der Waals surface area contributed by atoms with Crippen molar-refractivity contribution in [2.45, 2.75) is 37.8 Å². The number of amides is 1. The minimum Gasteiger partial charge on any atom is -0.448 e. The Bertz CT molecular complexity index is 870. The summed E-state index contributed by atoms with van der Waals surface area (Å²) in [6.45, 7) is 5.99. The van der Waals surface area contributed by atoms with Crippen LogP contribution in [0.25, 0.3) is 0 Å². The van der Waals surface area contributed by atoms with Crippen molar-refractivity contribution in [2.75, 3.05) is 13.6 Å². The van der Waals surface area contributed by atoms with Gasteiger partial charge < -0.3 is 15.5 Å². The highest BCUT2D eigenvalue weighted by molar-refractivity contribution is 7.89. The summed E-state index contributed by atoms with van der Waals surface area (Å²) in [6, 6.07) is 8.79. The smallest absolute Gasteiger partial charge is 0.273 e. The molecule has 2 aromatic rings. The van der Waals surface area contributed by atoms with Crippen LogP contribution in [0.4, 0.5) is 0 Å². The highest BCUT2D eigenvalue weighted by Crippen LogP contribution is 2.20. The first-order valence-electron chi connectivity index (χ1n) is 8.33. The van der Waals surface area contributed by atoms with Gasteiger partial charge in [0.2, 0.25) is 5.09 Å². The number of sulfonamides is 1. The first-order chi connectivity index (χ1) is 12.2. The summed E-state index contributed by atoms with van der Waals surface area (Å²) in [5.41, 5.74) is 8.44. The van der Waals surface area contributed by atoms with E-state index in [2.05, 4.69) is 23.9 Å². The van der Waals surface area contributed by atoms with E-state index in [-0.39, 0.29) is 29.0 Å². The van der Waals surface area contributed by atoms with Gasteiger partial charge in [0.1, 0.15) is 5.76 Å². The van der Waals surface area contributed by atoms with E-state index >= 15 is 0 Å². The van der Waals surface area contributed by atoms with Gasteiger partial charge in [0.05, 0.1) is 5.56 Å². The zero-order chi connectivity index (χ0) is 19.5. The predicted molar refractivity (Wildman–Crippen MR) is 99.5 cm³/mol. The van der Waals surface area contributed by atoms with Crippen molar-refractivity contribution in [3.8, 4) is 0 Å². The lowest BCUT2D eigenvalue weighted by Gasteiger charge is -2.14. The number of nitrogens with two attached hydrogens (primary N) is 1. The Balaban J connectivity index is 2.04. The molecule has 7 nitrogen and oxygen atoms in total. The van der Waals surface area contributed by atoms with E-state index < -0.39 is 15.9 Å². The van der Waals surface area contributed by atoms with E-state index in [0.717, 1.165) is 5.56 Å². The molecule has 0 aliphatic heterocycles. The summed E-state index contributed by atoms with van der Waals surface area (Å²) in [5.74, 6) is 0.233. The second-order valence-corrected chi connectivity index (χ2v) is 8.20. The lowest BCUT2D eigenvalue weighted by Crippen LogP contribution is -2.32. The summed E-state index contributed by atoms with van der Waals surface area (Å²) < 4.78 is 30.8. The van der Waals surface area contributed by atoms with E-state index in [4.69, 9.17) is 10.2 Å². The standard InChI is InChI=1S/C18H25N3O4S/c1-11(2)13-5-7-14(8-6-13)16(19)10-21-18(22)15-9-17(25-12(15)3)26(23,24)20-4/h5-9,11,16,20H,10,19H2,1-4H3,(H,21,22). The monoisotopic (exact) mass is 379 g/mol.